The van der Waals surface area contributed by atoms with Gasteiger partial charge < -0.3 is 9.47 Å². The lowest BCUT2D eigenvalue weighted by Gasteiger charge is -2.25. The Labute approximate surface area is 172 Å². The number of hydrogen-bond donors (Lipinski definition) is 0. The summed E-state index contributed by atoms with van der Waals surface area (Å²) >= 11 is 12.8. The van der Waals surface area contributed by atoms with Crippen LogP contribution >= 0.6 is 23.2 Å². The minimum atomic E-state index is -0.0472. The Balaban J connectivity index is 1.58. The van der Waals surface area contributed by atoms with Crippen molar-refractivity contribution in [2.75, 3.05) is 11.8 Å². The molecule has 0 fully saturated rings. The molecular formula is C22H16Cl2N2O2. The molecule has 2 aliphatic heterocycles. The highest BCUT2D eigenvalue weighted by atomic mass is 35.5. The first-order valence-corrected chi connectivity index (χ1v) is 9.72. The Morgan fingerprint density at radius 3 is 2.57 bits per heavy atom. The lowest BCUT2D eigenvalue weighted by atomic mass is 9.98. The van der Waals surface area contributed by atoms with E-state index in [1.54, 1.807) is 6.07 Å². The van der Waals surface area contributed by atoms with Crippen molar-refractivity contribution < 1.29 is 9.47 Å². The Morgan fingerprint density at radius 1 is 0.893 bits per heavy atom. The van der Waals surface area contributed by atoms with Gasteiger partial charge in [-0.05, 0) is 42.0 Å². The largest absolute Gasteiger partial charge is 0.454 e. The molecule has 1 unspecified atom stereocenters. The van der Waals surface area contributed by atoms with Gasteiger partial charge in [-0.3, -0.25) is 5.01 Å². The third kappa shape index (κ3) is 2.99. The highest BCUT2D eigenvalue weighted by Crippen LogP contribution is 2.42. The van der Waals surface area contributed by atoms with Gasteiger partial charge in [-0.1, -0.05) is 53.5 Å². The summed E-state index contributed by atoms with van der Waals surface area (Å²) in [5.74, 6) is 1.51. The zero-order valence-corrected chi connectivity index (χ0v) is 16.3. The van der Waals surface area contributed by atoms with Crippen molar-refractivity contribution in [1.29, 1.82) is 0 Å². The van der Waals surface area contributed by atoms with Crippen LogP contribution in [0.1, 0.15) is 23.6 Å². The van der Waals surface area contributed by atoms with Gasteiger partial charge in [-0.15, -0.1) is 0 Å². The Bertz CT molecular complexity index is 1070. The number of anilines is 1. The molecule has 0 saturated heterocycles. The summed E-state index contributed by atoms with van der Waals surface area (Å²) in [6.07, 6.45) is 0.703. The maximum absolute atomic E-state index is 6.55. The standard InChI is InChI=1S/C22H16Cl2N2O2/c23-17-8-4-7-16(22(17)24)19-12-18(25-26(19)15-5-2-1-3-6-15)14-9-10-20-21(11-14)28-13-27-20/h1-11,19H,12-13H2. The fourth-order valence-corrected chi connectivity index (χ4v) is 4.03. The van der Waals surface area contributed by atoms with Gasteiger partial charge in [0.05, 0.1) is 27.5 Å². The minimum absolute atomic E-state index is 0.0472. The van der Waals surface area contributed by atoms with Gasteiger partial charge in [-0.25, -0.2) is 0 Å². The summed E-state index contributed by atoms with van der Waals surface area (Å²) < 4.78 is 10.9. The Kier molecular flexibility index (Phi) is 4.38. The second-order valence-electron chi connectivity index (χ2n) is 6.66. The van der Waals surface area contributed by atoms with Gasteiger partial charge in [0.15, 0.2) is 11.5 Å². The SMILES string of the molecule is Clc1cccc(C2CC(c3ccc4c(c3)OCO4)=NN2c2ccccc2)c1Cl. The fourth-order valence-electron chi connectivity index (χ4n) is 3.60. The fraction of sp³-hybridized carbons (Fsp3) is 0.136. The van der Waals surface area contributed by atoms with E-state index in [4.69, 9.17) is 37.8 Å². The van der Waals surface area contributed by atoms with Crippen LogP contribution in [-0.2, 0) is 0 Å². The van der Waals surface area contributed by atoms with Crippen molar-refractivity contribution >= 4 is 34.6 Å². The molecule has 1 atom stereocenters. The number of hydrogen-bond acceptors (Lipinski definition) is 4. The predicted molar refractivity (Wildman–Crippen MR) is 112 cm³/mol. The molecule has 3 aromatic carbocycles. The molecule has 0 aliphatic carbocycles. The van der Waals surface area contributed by atoms with E-state index < -0.39 is 0 Å². The lowest BCUT2D eigenvalue weighted by Crippen LogP contribution is -2.18. The normalized spacial score (nSPS) is 17.7. The first-order chi connectivity index (χ1) is 13.7. The van der Waals surface area contributed by atoms with Crippen LogP contribution in [0.25, 0.3) is 0 Å². The van der Waals surface area contributed by atoms with E-state index in [1.807, 2.05) is 65.7 Å². The second-order valence-corrected chi connectivity index (χ2v) is 7.44. The van der Waals surface area contributed by atoms with Crippen molar-refractivity contribution in [2.45, 2.75) is 12.5 Å². The van der Waals surface area contributed by atoms with Crippen molar-refractivity contribution in [3.63, 3.8) is 0 Å². The predicted octanol–water partition coefficient (Wildman–Crippen LogP) is 6.08. The van der Waals surface area contributed by atoms with Crippen LogP contribution in [0.3, 0.4) is 0 Å². The van der Waals surface area contributed by atoms with Crippen LogP contribution in [0.15, 0.2) is 71.8 Å². The molecule has 0 spiro atoms. The van der Waals surface area contributed by atoms with E-state index in [0.717, 1.165) is 34.0 Å². The summed E-state index contributed by atoms with van der Waals surface area (Å²) in [5.41, 5.74) is 3.92. The van der Waals surface area contributed by atoms with Crippen LogP contribution in [0, 0.1) is 0 Å². The highest BCUT2D eigenvalue weighted by Gasteiger charge is 2.32. The second kappa shape index (κ2) is 7.04. The zero-order valence-electron chi connectivity index (χ0n) is 14.8. The number of para-hydroxylation sites is 1. The number of nitrogens with zero attached hydrogens (tertiary/aromatic N) is 2. The summed E-state index contributed by atoms with van der Waals surface area (Å²) in [6.45, 7) is 0.252. The van der Waals surface area contributed by atoms with Gasteiger partial charge in [-0.2, -0.15) is 5.10 Å². The van der Waals surface area contributed by atoms with Crippen molar-refractivity contribution in [1.82, 2.24) is 0 Å². The molecule has 140 valence electrons. The summed E-state index contributed by atoms with van der Waals surface area (Å²) in [6, 6.07) is 21.7. The van der Waals surface area contributed by atoms with Gasteiger partial charge in [0, 0.05) is 12.0 Å². The molecule has 4 nitrogen and oxygen atoms in total. The summed E-state index contributed by atoms with van der Waals surface area (Å²) in [5, 5.41) is 8.06. The van der Waals surface area contributed by atoms with E-state index in [0.29, 0.717) is 16.5 Å². The molecule has 0 radical (unpaired) electrons. The topological polar surface area (TPSA) is 34.1 Å². The minimum Gasteiger partial charge on any atom is -0.454 e. The third-order valence-electron chi connectivity index (χ3n) is 4.98. The summed E-state index contributed by atoms with van der Waals surface area (Å²) in [7, 11) is 0. The molecule has 0 N–H and O–H groups in total. The maximum atomic E-state index is 6.55. The quantitative estimate of drug-likeness (QED) is 0.524. The third-order valence-corrected chi connectivity index (χ3v) is 5.81. The Morgan fingerprint density at radius 2 is 1.71 bits per heavy atom. The number of benzene rings is 3. The van der Waals surface area contributed by atoms with E-state index in [-0.39, 0.29) is 12.8 Å². The number of fused-ring (bicyclic) bond motifs is 1. The first kappa shape index (κ1) is 17.4. The average Bonchev–Trinajstić information content (AvgIpc) is 3.37. The van der Waals surface area contributed by atoms with E-state index in [2.05, 4.69) is 0 Å². The molecule has 0 saturated carbocycles. The summed E-state index contributed by atoms with van der Waals surface area (Å²) in [4.78, 5) is 0. The van der Waals surface area contributed by atoms with Gasteiger partial charge in [0.2, 0.25) is 6.79 Å². The van der Waals surface area contributed by atoms with Crippen LogP contribution in [0.5, 0.6) is 11.5 Å². The number of hydrazone groups is 1. The number of halogens is 2. The molecule has 0 aromatic heterocycles. The van der Waals surface area contributed by atoms with Crippen molar-refractivity contribution in [2.24, 2.45) is 5.10 Å². The average molecular weight is 411 g/mol. The maximum Gasteiger partial charge on any atom is 0.231 e. The molecule has 0 bridgehead atoms. The first-order valence-electron chi connectivity index (χ1n) is 8.96. The van der Waals surface area contributed by atoms with Crippen LogP contribution in [-0.4, -0.2) is 12.5 Å². The molecule has 3 aromatic rings. The lowest BCUT2D eigenvalue weighted by molar-refractivity contribution is 0.174. The monoisotopic (exact) mass is 410 g/mol. The molecule has 0 amide bonds. The molecule has 6 heteroatoms. The highest BCUT2D eigenvalue weighted by molar-refractivity contribution is 6.42. The number of rotatable bonds is 3. The number of ether oxygens (including phenoxy) is 2. The van der Waals surface area contributed by atoms with Crippen molar-refractivity contribution in [3.05, 3.63) is 87.9 Å². The van der Waals surface area contributed by atoms with E-state index in [9.17, 15) is 0 Å². The zero-order chi connectivity index (χ0) is 19.1. The molecule has 2 aliphatic rings. The smallest absolute Gasteiger partial charge is 0.231 e. The molecule has 5 rings (SSSR count). The van der Waals surface area contributed by atoms with Crippen LogP contribution in [0.4, 0.5) is 5.69 Å². The van der Waals surface area contributed by atoms with Gasteiger partial charge in [0.25, 0.3) is 0 Å². The van der Waals surface area contributed by atoms with Gasteiger partial charge >= 0.3 is 0 Å². The van der Waals surface area contributed by atoms with Gasteiger partial charge in [0.1, 0.15) is 0 Å². The van der Waals surface area contributed by atoms with Crippen LogP contribution in [0.2, 0.25) is 10.0 Å². The Hall–Kier alpha value is -2.69. The van der Waals surface area contributed by atoms with E-state index in [1.165, 1.54) is 0 Å². The molecular weight excluding hydrogens is 395 g/mol. The van der Waals surface area contributed by atoms with Crippen LogP contribution < -0.4 is 14.5 Å². The molecule has 28 heavy (non-hydrogen) atoms. The molecule has 2 heterocycles. The van der Waals surface area contributed by atoms with Crippen molar-refractivity contribution in [3.8, 4) is 11.5 Å². The van der Waals surface area contributed by atoms with E-state index >= 15 is 0 Å².